The molecule has 3 heteroatoms. The van der Waals surface area contributed by atoms with E-state index < -0.39 is 7.92 Å². The number of carbonyl (C=O) groups is 1. The highest BCUT2D eigenvalue weighted by Crippen LogP contribution is 2.34. The van der Waals surface area contributed by atoms with Crippen LogP contribution >= 0.6 is 7.92 Å². The van der Waals surface area contributed by atoms with Crippen molar-refractivity contribution in [1.29, 1.82) is 0 Å². The Morgan fingerprint density at radius 2 is 1.24 bits per heavy atom. The minimum atomic E-state index is -0.911. The van der Waals surface area contributed by atoms with Crippen LogP contribution in [0.15, 0.2) is 127 Å². The number of benzene rings is 4. The molecule has 2 nitrogen and oxygen atoms in total. The monoisotopic (exact) mass is 450 g/mol. The Hall–Kier alpha value is -3.48. The van der Waals surface area contributed by atoms with E-state index in [0.717, 1.165) is 16.4 Å². The number of rotatable bonds is 8. The summed E-state index contributed by atoms with van der Waals surface area (Å²) in [4.78, 5) is 13.5. The Bertz CT molecular complexity index is 1160. The quantitative estimate of drug-likeness (QED) is 0.193. The summed E-state index contributed by atoms with van der Waals surface area (Å²) in [7, 11) is -0.911. The highest BCUT2D eigenvalue weighted by Gasteiger charge is 2.25. The van der Waals surface area contributed by atoms with Gasteiger partial charge in [0.2, 0.25) is 0 Å². The smallest absolute Gasteiger partial charge is 0.339 e. The van der Waals surface area contributed by atoms with Gasteiger partial charge in [-0.3, -0.25) is 0 Å². The molecular formula is C30H27O2P. The molecule has 0 fully saturated rings. The third-order valence-corrected chi connectivity index (χ3v) is 7.96. The third kappa shape index (κ3) is 5.66. The van der Waals surface area contributed by atoms with E-state index in [1.54, 1.807) is 0 Å². The van der Waals surface area contributed by atoms with Crippen molar-refractivity contribution in [2.75, 3.05) is 0 Å². The highest BCUT2D eigenvalue weighted by molar-refractivity contribution is 7.80. The van der Waals surface area contributed by atoms with E-state index in [-0.39, 0.29) is 12.1 Å². The maximum Gasteiger partial charge on any atom is 0.339 e. The molecule has 0 aliphatic rings. The summed E-state index contributed by atoms with van der Waals surface area (Å²) < 4.78 is 6.04. The van der Waals surface area contributed by atoms with Crippen LogP contribution in [0.4, 0.5) is 0 Å². The molecule has 0 radical (unpaired) electrons. The number of hydrogen-bond donors (Lipinski definition) is 0. The summed E-state index contributed by atoms with van der Waals surface area (Å²) in [6.07, 6.45) is 0.226. The van der Waals surface area contributed by atoms with Gasteiger partial charge in [0, 0.05) is 6.42 Å². The second-order valence-corrected chi connectivity index (χ2v) is 10.1. The molecule has 0 aromatic heterocycles. The molecule has 0 saturated heterocycles. The van der Waals surface area contributed by atoms with Crippen molar-refractivity contribution in [3.8, 4) is 0 Å². The predicted molar refractivity (Wildman–Crippen MR) is 139 cm³/mol. The second-order valence-electron chi connectivity index (χ2n) is 7.95. The van der Waals surface area contributed by atoms with Gasteiger partial charge in [0.15, 0.2) is 0 Å². The summed E-state index contributed by atoms with van der Waals surface area (Å²) in [6, 6.07) is 38.6. The van der Waals surface area contributed by atoms with E-state index in [2.05, 4.69) is 36.9 Å². The Kier molecular flexibility index (Phi) is 7.50. The largest absolute Gasteiger partial charge is 0.454 e. The normalized spacial score (nSPS) is 11.7. The molecule has 0 heterocycles. The van der Waals surface area contributed by atoms with Gasteiger partial charge in [-0.05, 0) is 48.0 Å². The fourth-order valence-corrected chi connectivity index (χ4v) is 6.20. The first kappa shape index (κ1) is 22.7. The van der Waals surface area contributed by atoms with Crippen molar-refractivity contribution in [1.82, 2.24) is 0 Å². The topological polar surface area (TPSA) is 26.3 Å². The summed E-state index contributed by atoms with van der Waals surface area (Å²) >= 11 is 0. The van der Waals surface area contributed by atoms with Gasteiger partial charge < -0.3 is 4.74 Å². The lowest BCUT2D eigenvalue weighted by molar-refractivity contribution is 0.0377. The molecule has 0 N–H and O–H groups in total. The van der Waals surface area contributed by atoms with Crippen LogP contribution in [0.3, 0.4) is 0 Å². The molecular weight excluding hydrogens is 423 g/mol. The van der Waals surface area contributed by atoms with Crippen molar-refractivity contribution in [3.05, 3.63) is 139 Å². The molecule has 0 saturated carbocycles. The zero-order chi connectivity index (χ0) is 23.0. The summed E-state index contributed by atoms with van der Waals surface area (Å²) in [5.74, 6) is -0.311. The van der Waals surface area contributed by atoms with Crippen LogP contribution < -0.4 is 15.9 Å². The lowest BCUT2D eigenvalue weighted by atomic mass is 10.0. The van der Waals surface area contributed by atoms with E-state index in [9.17, 15) is 4.79 Å². The molecule has 0 spiro atoms. The zero-order valence-electron chi connectivity index (χ0n) is 18.7. The Morgan fingerprint density at radius 1 is 0.758 bits per heavy atom. The van der Waals surface area contributed by atoms with Crippen LogP contribution in [0.2, 0.25) is 0 Å². The molecule has 0 aliphatic heterocycles. The molecule has 164 valence electrons. The van der Waals surface area contributed by atoms with Gasteiger partial charge in [-0.1, -0.05) is 116 Å². The summed E-state index contributed by atoms with van der Waals surface area (Å²) in [5, 5.41) is 3.38. The number of carbonyl (C=O) groups excluding carboxylic acids is 1. The van der Waals surface area contributed by atoms with E-state index in [0.29, 0.717) is 12.0 Å². The van der Waals surface area contributed by atoms with Crippen molar-refractivity contribution >= 4 is 29.8 Å². The Labute approximate surface area is 197 Å². The van der Waals surface area contributed by atoms with Crippen LogP contribution in [0, 0.1) is 0 Å². The van der Waals surface area contributed by atoms with Crippen molar-refractivity contribution in [3.63, 3.8) is 0 Å². The maximum atomic E-state index is 13.5. The van der Waals surface area contributed by atoms with Crippen LogP contribution in [-0.2, 0) is 11.2 Å². The number of esters is 1. The van der Waals surface area contributed by atoms with Gasteiger partial charge in [0.1, 0.15) is 6.10 Å². The third-order valence-electron chi connectivity index (χ3n) is 5.46. The number of ether oxygens (including phenoxy) is 1. The highest BCUT2D eigenvalue weighted by atomic mass is 31.1. The van der Waals surface area contributed by atoms with Crippen LogP contribution in [0.25, 0.3) is 0 Å². The van der Waals surface area contributed by atoms with E-state index in [1.807, 2.05) is 91.9 Å². The SMILES string of the molecule is C=C(C)C(Cc1ccccc1)OC(=O)c1ccccc1P(c1ccccc1)c1ccccc1. The van der Waals surface area contributed by atoms with E-state index >= 15 is 0 Å². The Balaban J connectivity index is 1.69. The molecule has 1 unspecified atom stereocenters. The van der Waals surface area contributed by atoms with Crippen LogP contribution in [0.1, 0.15) is 22.8 Å². The second kappa shape index (κ2) is 10.9. The molecule has 0 amide bonds. The average Bonchev–Trinajstić information content (AvgIpc) is 2.86. The minimum absolute atomic E-state index is 0.311. The minimum Gasteiger partial charge on any atom is -0.454 e. The average molecular weight is 451 g/mol. The Morgan fingerprint density at radius 3 is 1.79 bits per heavy atom. The molecule has 4 rings (SSSR count). The fraction of sp³-hybridized carbons (Fsp3) is 0.100. The summed E-state index contributed by atoms with van der Waals surface area (Å²) in [6.45, 7) is 5.99. The van der Waals surface area contributed by atoms with Crippen molar-refractivity contribution < 1.29 is 9.53 Å². The van der Waals surface area contributed by atoms with Gasteiger partial charge in [-0.2, -0.15) is 0 Å². The summed E-state index contributed by atoms with van der Waals surface area (Å²) in [5.41, 5.74) is 2.55. The lowest BCUT2D eigenvalue weighted by Crippen LogP contribution is -2.28. The van der Waals surface area contributed by atoms with Gasteiger partial charge >= 0.3 is 5.97 Å². The van der Waals surface area contributed by atoms with Crippen molar-refractivity contribution in [2.45, 2.75) is 19.4 Å². The lowest BCUT2D eigenvalue weighted by Gasteiger charge is -2.23. The molecule has 33 heavy (non-hydrogen) atoms. The first-order valence-corrected chi connectivity index (χ1v) is 12.4. The van der Waals surface area contributed by atoms with Gasteiger partial charge in [-0.15, -0.1) is 0 Å². The predicted octanol–water partition coefficient (Wildman–Crippen LogP) is 5.79. The molecule has 1 atom stereocenters. The first-order valence-electron chi connectivity index (χ1n) is 11.0. The molecule has 0 aliphatic carbocycles. The maximum absolute atomic E-state index is 13.5. The fourth-order valence-electron chi connectivity index (χ4n) is 3.76. The van der Waals surface area contributed by atoms with Crippen LogP contribution in [-0.4, -0.2) is 12.1 Å². The molecule has 4 aromatic carbocycles. The molecule has 0 bridgehead atoms. The van der Waals surface area contributed by atoms with Crippen molar-refractivity contribution in [2.24, 2.45) is 0 Å². The van der Waals surface area contributed by atoms with E-state index in [1.165, 1.54) is 10.6 Å². The number of hydrogen-bond acceptors (Lipinski definition) is 2. The first-order chi connectivity index (χ1) is 16.1. The standard InChI is InChI=1S/C30H27O2P/c1-23(2)28(22-24-14-6-3-7-15-24)32-30(31)27-20-12-13-21-29(27)33(25-16-8-4-9-17-25)26-18-10-5-11-19-26/h3-21,28H,1,22H2,2H3. The van der Waals surface area contributed by atoms with Gasteiger partial charge in [0.25, 0.3) is 0 Å². The van der Waals surface area contributed by atoms with E-state index in [4.69, 9.17) is 4.74 Å². The van der Waals surface area contributed by atoms with Gasteiger partial charge in [-0.25, -0.2) is 4.79 Å². The molecule has 4 aromatic rings. The van der Waals surface area contributed by atoms with Crippen LogP contribution in [0.5, 0.6) is 0 Å². The zero-order valence-corrected chi connectivity index (χ0v) is 19.6. The van der Waals surface area contributed by atoms with Gasteiger partial charge in [0.05, 0.1) is 5.56 Å².